The quantitative estimate of drug-likeness (QED) is 0.632. The van der Waals surface area contributed by atoms with Crippen LogP contribution in [0.25, 0.3) is 0 Å². The predicted octanol–water partition coefficient (Wildman–Crippen LogP) is 4.09. The van der Waals surface area contributed by atoms with Crippen LogP contribution in [-0.2, 0) is 29.2 Å². The molecule has 0 saturated heterocycles. The molecule has 152 valence electrons. The van der Waals surface area contributed by atoms with E-state index in [-0.39, 0.29) is 16.8 Å². The summed E-state index contributed by atoms with van der Waals surface area (Å²) >= 11 is 2.80. The first-order valence-corrected chi connectivity index (χ1v) is 10.6. The summed E-state index contributed by atoms with van der Waals surface area (Å²) in [6.07, 6.45) is -1.38. The number of sulfonamides is 1. The average Bonchev–Trinajstić information content (AvgIpc) is 2.97. The average molecular weight is 480 g/mol. The molecule has 28 heavy (non-hydrogen) atoms. The van der Waals surface area contributed by atoms with Crippen molar-refractivity contribution in [2.24, 2.45) is 0 Å². The fourth-order valence-corrected chi connectivity index (χ4v) is 4.94. The number of aliphatic hydroxyl groups is 1. The Kier molecular flexibility index (Phi) is 5.61. The Labute approximate surface area is 168 Å². The van der Waals surface area contributed by atoms with Crippen LogP contribution in [0.3, 0.4) is 0 Å². The molecule has 0 bridgehead atoms. The van der Waals surface area contributed by atoms with Gasteiger partial charge in [-0.05, 0) is 37.5 Å². The summed E-state index contributed by atoms with van der Waals surface area (Å²) < 4.78 is 68.5. The number of aliphatic hydroxyl groups excluding tert-OH is 1. The Bertz CT molecular complexity index is 1020. The summed E-state index contributed by atoms with van der Waals surface area (Å²) in [7, 11) is -4.19. The largest absolute Gasteiger partial charge is 0.511 e. The molecule has 1 heterocycles. The van der Waals surface area contributed by atoms with Crippen LogP contribution >= 0.6 is 15.9 Å². The van der Waals surface area contributed by atoms with Gasteiger partial charge >= 0.3 is 6.18 Å². The number of allylic oxidation sites excluding steroid dienone is 1. The molecule has 1 aromatic heterocycles. The second kappa shape index (κ2) is 7.53. The van der Waals surface area contributed by atoms with Crippen molar-refractivity contribution in [2.45, 2.75) is 42.9 Å². The molecule has 3 rings (SSSR count). The minimum atomic E-state index is -4.68. The van der Waals surface area contributed by atoms with Gasteiger partial charge in [0.1, 0.15) is 5.76 Å². The monoisotopic (exact) mass is 479 g/mol. The molecular weight excluding hydrogens is 463 g/mol. The Morgan fingerprint density at radius 2 is 2.14 bits per heavy atom. The molecule has 0 aliphatic heterocycles. The van der Waals surface area contributed by atoms with E-state index in [4.69, 9.17) is 0 Å². The van der Waals surface area contributed by atoms with Crippen molar-refractivity contribution in [1.82, 2.24) is 14.5 Å². The Morgan fingerprint density at radius 3 is 2.79 bits per heavy atom. The van der Waals surface area contributed by atoms with Crippen LogP contribution in [0.15, 0.2) is 46.1 Å². The van der Waals surface area contributed by atoms with E-state index in [1.54, 1.807) is 4.68 Å². The van der Waals surface area contributed by atoms with Crippen LogP contribution in [0.4, 0.5) is 13.2 Å². The lowest BCUT2D eigenvalue weighted by molar-refractivity contribution is -0.138. The van der Waals surface area contributed by atoms with Gasteiger partial charge in [-0.25, -0.2) is 13.1 Å². The first-order chi connectivity index (χ1) is 13.0. The standard InChI is InChI=1S/C17H17BrF3N3O3S/c1-10(25)9-24-16-4-2-3-15(12(16)8-22-24)23-28(26,27)11-5-6-14(18)13(7-11)17(19,20)21/h5-8,15,23,25H,1-4,9H2. The maximum Gasteiger partial charge on any atom is 0.417 e. The highest BCUT2D eigenvalue weighted by atomic mass is 79.9. The SMILES string of the molecule is C=C(O)Cn1ncc2c1CCCC2NS(=O)(=O)c1ccc(Br)c(C(F)(F)F)c1. The molecule has 0 fully saturated rings. The highest BCUT2D eigenvalue weighted by Gasteiger charge is 2.35. The third-order valence-electron chi connectivity index (χ3n) is 4.45. The first kappa shape index (κ1) is 20.9. The molecule has 0 saturated carbocycles. The van der Waals surface area contributed by atoms with Gasteiger partial charge in [0, 0.05) is 15.7 Å². The van der Waals surface area contributed by atoms with E-state index in [2.05, 4.69) is 32.3 Å². The summed E-state index contributed by atoms with van der Waals surface area (Å²) in [6, 6.07) is 2.17. The molecule has 1 aromatic carbocycles. The number of benzene rings is 1. The van der Waals surface area contributed by atoms with Crippen molar-refractivity contribution in [2.75, 3.05) is 0 Å². The molecule has 0 radical (unpaired) electrons. The van der Waals surface area contributed by atoms with Crippen LogP contribution in [0, 0.1) is 0 Å². The fraction of sp³-hybridized carbons (Fsp3) is 0.353. The van der Waals surface area contributed by atoms with Gasteiger partial charge in [0.05, 0.1) is 29.2 Å². The number of alkyl halides is 3. The molecule has 2 N–H and O–H groups in total. The van der Waals surface area contributed by atoms with Crippen molar-refractivity contribution in [3.05, 3.63) is 58.0 Å². The zero-order chi connectivity index (χ0) is 20.7. The van der Waals surface area contributed by atoms with Gasteiger partial charge in [0.2, 0.25) is 10.0 Å². The summed E-state index contributed by atoms with van der Waals surface area (Å²) in [5, 5.41) is 13.5. The lowest BCUT2D eigenvalue weighted by Gasteiger charge is -2.24. The number of aromatic nitrogens is 2. The van der Waals surface area contributed by atoms with E-state index in [1.807, 2.05) is 0 Å². The van der Waals surface area contributed by atoms with Crippen LogP contribution in [0.5, 0.6) is 0 Å². The highest BCUT2D eigenvalue weighted by Crippen LogP contribution is 2.37. The van der Waals surface area contributed by atoms with Gasteiger partial charge in [0.15, 0.2) is 0 Å². The smallest absolute Gasteiger partial charge is 0.417 e. The lowest BCUT2D eigenvalue weighted by Crippen LogP contribution is -2.31. The minimum Gasteiger partial charge on any atom is -0.511 e. The normalized spacial score (nSPS) is 17.4. The number of nitrogens with zero attached hydrogens (tertiary/aromatic N) is 2. The van der Waals surface area contributed by atoms with E-state index in [1.165, 1.54) is 6.20 Å². The molecule has 0 spiro atoms. The fourth-order valence-electron chi connectivity index (χ4n) is 3.19. The highest BCUT2D eigenvalue weighted by molar-refractivity contribution is 9.10. The van der Waals surface area contributed by atoms with Crippen LogP contribution in [0.2, 0.25) is 0 Å². The van der Waals surface area contributed by atoms with Gasteiger partial charge in [-0.3, -0.25) is 4.68 Å². The third kappa shape index (κ3) is 4.26. The second-order valence-corrected chi connectivity index (χ2v) is 9.04. The third-order valence-corrected chi connectivity index (χ3v) is 6.61. The van der Waals surface area contributed by atoms with E-state index in [9.17, 15) is 26.7 Å². The number of rotatable bonds is 5. The number of hydrogen-bond acceptors (Lipinski definition) is 4. The molecule has 11 heteroatoms. The Morgan fingerprint density at radius 1 is 1.43 bits per heavy atom. The van der Waals surface area contributed by atoms with Gasteiger partial charge in [-0.2, -0.15) is 18.3 Å². The van der Waals surface area contributed by atoms with Crippen molar-refractivity contribution in [3.63, 3.8) is 0 Å². The zero-order valence-corrected chi connectivity index (χ0v) is 16.9. The number of halogens is 4. The molecule has 2 aromatic rings. The topological polar surface area (TPSA) is 84.2 Å². The Hall–Kier alpha value is -1.85. The predicted molar refractivity (Wildman–Crippen MR) is 99.1 cm³/mol. The maximum absolute atomic E-state index is 13.1. The first-order valence-electron chi connectivity index (χ1n) is 8.29. The van der Waals surface area contributed by atoms with Crippen molar-refractivity contribution in [1.29, 1.82) is 0 Å². The van der Waals surface area contributed by atoms with Gasteiger partial charge in [-0.15, -0.1) is 0 Å². The lowest BCUT2D eigenvalue weighted by atomic mass is 9.94. The number of hydrogen-bond donors (Lipinski definition) is 2. The van der Waals surface area contributed by atoms with Gasteiger partial charge in [-0.1, -0.05) is 22.5 Å². The van der Waals surface area contributed by atoms with E-state index in [0.717, 1.165) is 17.8 Å². The van der Waals surface area contributed by atoms with Crippen LogP contribution in [-0.4, -0.2) is 23.3 Å². The number of fused-ring (bicyclic) bond motifs is 1. The molecule has 0 amide bonds. The molecule has 1 unspecified atom stereocenters. The summed E-state index contributed by atoms with van der Waals surface area (Å²) in [6.45, 7) is 3.51. The molecule has 1 atom stereocenters. The second-order valence-electron chi connectivity index (χ2n) is 6.48. The van der Waals surface area contributed by atoms with E-state index >= 15 is 0 Å². The van der Waals surface area contributed by atoms with Crippen molar-refractivity contribution < 1.29 is 26.7 Å². The maximum atomic E-state index is 13.1. The van der Waals surface area contributed by atoms with Gasteiger partial charge < -0.3 is 5.11 Å². The van der Waals surface area contributed by atoms with Gasteiger partial charge in [0.25, 0.3) is 0 Å². The zero-order valence-electron chi connectivity index (χ0n) is 14.5. The number of nitrogens with one attached hydrogen (secondary N) is 1. The van der Waals surface area contributed by atoms with E-state index in [0.29, 0.717) is 30.9 Å². The molecule has 6 nitrogen and oxygen atoms in total. The molecular formula is C17H17BrF3N3O3S. The van der Waals surface area contributed by atoms with E-state index < -0.39 is 32.7 Å². The minimum absolute atomic E-state index is 0.0804. The van der Waals surface area contributed by atoms with Crippen molar-refractivity contribution >= 4 is 26.0 Å². The Balaban J connectivity index is 1.91. The summed E-state index contributed by atoms with van der Waals surface area (Å²) in [5.41, 5.74) is 0.346. The van der Waals surface area contributed by atoms with Crippen LogP contribution < -0.4 is 4.72 Å². The summed E-state index contributed by atoms with van der Waals surface area (Å²) in [4.78, 5) is -0.466. The van der Waals surface area contributed by atoms with Crippen molar-refractivity contribution in [3.8, 4) is 0 Å². The summed E-state index contributed by atoms with van der Waals surface area (Å²) in [5.74, 6) is -0.0804. The molecule has 1 aliphatic carbocycles. The van der Waals surface area contributed by atoms with Crippen LogP contribution in [0.1, 0.15) is 35.7 Å². The molecule has 1 aliphatic rings.